The fourth-order valence-corrected chi connectivity index (χ4v) is 7.21. The summed E-state index contributed by atoms with van der Waals surface area (Å²) in [5, 5.41) is 5.81. The lowest BCUT2D eigenvalue weighted by atomic mass is 9.99. The number of hydrogen-bond donors (Lipinski definition) is 0. The van der Waals surface area contributed by atoms with E-state index in [9.17, 15) is 0 Å². The van der Waals surface area contributed by atoms with Crippen molar-refractivity contribution in [1.82, 2.24) is 23.9 Å². The largest absolute Gasteiger partial charge is 0.309 e. The molecular formula is C36H21N5. The van der Waals surface area contributed by atoms with E-state index in [4.69, 9.17) is 9.97 Å². The summed E-state index contributed by atoms with van der Waals surface area (Å²) < 4.78 is 4.67. The van der Waals surface area contributed by atoms with Crippen LogP contribution in [-0.4, -0.2) is 23.9 Å². The molecule has 1 aliphatic carbocycles. The number of nitrogens with zero attached hydrogens (tertiary/aromatic N) is 5. The molecule has 10 rings (SSSR count). The summed E-state index contributed by atoms with van der Waals surface area (Å²) in [5.41, 5.74) is 12.7. The van der Waals surface area contributed by atoms with Crippen molar-refractivity contribution in [3.05, 3.63) is 127 Å². The van der Waals surface area contributed by atoms with Crippen molar-refractivity contribution in [2.45, 2.75) is 6.42 Å². The second kappa shape index (κ2) is 7.55. The highest BCUT2D eigenvalue weighted by atomic mass is 15.1. The highest BCUT2D eigenvalue weighted by Crippen LogP contribution is 2.47. The molecule has 5 nitrogen and oxygen atoms in total. The van der Waals surface area contributed by atoms with Crippen LogP contribution < -0.4 is 0 Å². The molecular weight excluding hydrogens is 502 g/mol. The second-order valence-electron chi connectivity index (χ2n) is 10.9. The number of pyridine rings is 3. The van der Waals surface area contributed by atoms with Gasteiger partial charge in [-0.3, -0.25) is 9.38 Å². The molecule has 5 heterocycles. The quantitative estimate of drug-likeness (QED) is 0.204. The molecule has 0 saturated heterocycles. The minimum atomic E-state index is 0.860. The Morgan fingerprint density at radius 2 is 1.49 bits per heavy atom. The number of hydrogen-bond acceptors (Lipinski definition) is 3. The third-order valence-electron chi connectivity index (χ3n) is 8.83. The van der Waals surface area contributed by atoms with Crippen molar-refractivity contribution in [3.8, 4) is 16.8 Å². The lowest BCUT2D eigenvalue weighted by molar-refractivity contribution is 1.18. The molecule has 5 aromatic heterocycles. The van der Waals surface area contributed by atoms with Gasteiger partial charge in [0.15, 0.2) is 5.65 Å². The fraction of sp³-hybridized carbons (Fsp3) is 0.0278. The summed E-state index contributed by atoms with van der Waals surface area (Å²) >= 11 is 0. The highest BCUT2D eigenvalue weighted by Gasteiger charge is 2.27. The molecule has 0 spiro atoms. The molecule has 0 aliphatic heterocycles. The normalized spacial score (nSPS) is 12.8. The maximum Gasteiger partial charge on any atom is 0.164 e. The molecule has 0 N–H and O–H groups in total. The van der Waals surface area contributed by atoms with E-state index in [2.05, 4.69) is 98.9 Å². The maximum atomic E-state index is 5.21. The summed E-state index contributed by atoms with van der Waals surface area (Å²) in [6, 6.07) is 34.8. The van der Waals surface area contributed by atoms with Crippen LogP contribution in [-0.2, 0) is 6.42 Å². The van der Waals surface area contributed by atoms with Gasteiger partial charge >= 0.3 is 0 Å². The van der Waals surface area contributed by atoms with E-state index in [1.807, 2.05) is 30.7 Å². The average molecular weight is 524 g/mol. The minimum absolute atomic E-state index is 0.860. The number of para-hydroxylation sites is 1. The van der Waals surface area contributed by atoms with Gasteiger partial charge in [0, 0.05) is 51.4 Å². The molecule has 0 bridgehead atoms. The number of benzene rings is 4. The fourth-order valence-electron chi connectivity index (χ4n) is 7.21. The SMILES string of the molecule is c1ccc(-n2c3ccc4c5cnccc5n5c6ncccc6nc5c4c3c3ccc4c(c32)-c2ccccc2C4)cc1. The van der Waals surface area contributed by atoms with Crippen LogP contribution in [0.25, 0.3) is 77.1 Å². The van der Waals surface area contributed by atoms with E-state index in [1.165, 1.54) is 44.1 Å². The molecule has 0 fully saturated rings. The molecule has 0 atom stereocenters. The first-order valence-corrected chi connectivity index (χ1v) is 13.9. The Balaban J connectivity index is 1.52. The molecule has 0 amide bonds. The predicted molar refractivity (Wildman–Crippen MR) is 166 cm³/mol. The first-order valence-electron chi connectivity index (χ1n) is 13.9. The van der Waals surface area contributed by atoms with E-state index < -0.39 is 0 Å². The number of rotatable bonds is 1. The number of aromatic nitrogens is 5. The van der Waals surface area contributed by atoms with Gasteiger partial charge in [-0.05, 0) is 64.9 Å². The summed E-state index contributed by atoms with van der Waals surface area (Å²) in [6.45, 7) is 0. The van der Waals surface area contributed by atoms with Gasteiger partial charge in [0.1, 0.15) is 11.2 Å². The predicted octanol–water partition coefficient (Wildman–Crippen LogP) is 8.25. The molecule has 0 saturated carbocycles. The summed E-state index contributed by atoms with van der Waals surface area (Å²) in [7, 11) is 0. The molecule has 41 heavy (non-hydrogen) atoms. The van der Waals surface area contributed by atoms with Crippen molar-refractivity contribution in [3.63, 3.8) is 0 Å². The third-order valence-corrected chi connectivity index (χ3v) is 8.83. The van der Waals surface area contributed by atoms with Crippen LogP contribution in [0.1, 0.15) is 11.1 Å². The zero-order valence-corrected chi connectivity index (χ0v) is 21.9. The summed E-state index contributed by atoms with van der Waals surface area (Å²) in [5.74, 6) is 0. The summed E-state index contributed by atoms with van der Waals surface area (Å²) in [4.78, 5) is 14.5. The van der Waals surface area contributed by atoms with Crippen molar-refractivity contribution in [2.24, 2.45) is 0 Å². The Labute approximate surface area is 234 Å². The standard InChI is InChI=1S/C36H21N5/c1-2-8-23(9-3-1)40-30-15-14-25-27-20-37-18-16-29(27)41-35-28(11-6-17-38-35)39-36(41)33(25)32(30)26-13-12-22-19-21-7-4-5-10-24(21)31(22)34(26)40/h1-18,20H,19H2. The minimum Gasteiger partial charge on any atom is -0.309 e. The van der Waals surface area contributed by atoms with Crippen LogP contribution in [0.4, 0.5) is 0 Å². The molecule has 9 aromatic rings. The van der Waals surface area contributed by atoms with E-state index in [1.54, 1.807) is 0 Å². The Morgan fingerprint density at radius 3 is 2.44 bits per heavy atom. The van der Waals surface area contributed by atoms with Crippen LogP contribution >= 0.6 is 0 Å². The van der Waals surface area contributed by atoms with E-state index in [-0.39, 0.29) is 0 Å². The molecule has 5 heteroatoms. The van der Waals surface area contributed by atoms with Gasteiger partial charge in [-0.25, -0.2) is 9.97 Å². The monoisotopic (exact) mass is 523 g/mol. The topological polar surface area (TPSA) is 48.0 Å². The van der Waals surface area contributed by atoms with Crippen LogP contribution in [0.5, 0.6) is 0 Å². The zero-order chi connectivity index (χ0) is 26.7. The molecule has 0 unspecified atom stereocenters. The van der Waals surface area contributed by atoms with Gasteiger partial charge in [-0.15, -0.1) is 0 Å². The van der Waals surface area contributed by atoms with Crippen LogP contribution in [0.15, 0.2) is 116 Å². The van der Waals surface area contributed by atoms with Gasteiger partial charge in [-0.2, -0.15) is 0 Å². The average Bonchev–Trinajstić information content (AvgIpc) is 3.71. The molecule has 190 valence electrons. The second-order valence-corrected chi connectivity index (χ2v) is 10.9. The number of imidazole rings is 1. The first-order chi connectivity index (χ1) is 20.4. The highest BCUT2D eigenvalue weighted by molar-refractivity contribution is 6.30. The first kappa shape index (κ1) is 21.3. The molecule has 1 aliphatic rings. The van der Waals surface area contributed by atoms with Gasteiger partial charge in [0.25, 0.3) is 0 Å². The van der Waals surface area contributed by atoms with E-state index in [0.29, 0.717) is 0 Å². The summed E-state index contributed by atoms with van der Waals surface area (Å²) in [6.07, 6.45) is 6.62. The smallest absolute Gasteiger partial charge is 0.164 e. The van der Waals surface area contributed by atoms with Gasteiger partial charge < -0.3 is 4.57 Å². The Kier molecular flexibility index (Phi) is 3.92. The van der Waals surface area contributed by atoms with Crippen molar-refractivity contribution < 1.29 is 0 Å². The van der Waals surface area contributed by atoms with E-state index in [0.717, 1.165) is 50.6 Å². The van der Waals surface area contributed by atoms with Crippen LogP contribution in [0.2, 0.25) is 0 Å². The van der Waals surface area contributed by atoms with Gasteiger partial charge in [-0.1, -0.05) is 60.7 Å². The Bertz CT molecular complexity index is 2550. The van der Waals surface area contributed by atoms with Crippen molar-refractivity contribution >= 4 is 60.3 Å². The van der Waals surface area contributed by atoms with Crippen LogP contribution in [0, 0.1) is 0 Å². The van der Waals surface area contributed by atoms with Gasteiger partial charge in [0.2, 0.25) is 0 Å². The van der Waals surface area contributed by atoms with Crippen molar-refractivity contribution in [1.29, 1.82) is 0 Å². The van der Waals surface area contributed by atoms with E-state index >= 15 is 0 Å². The lowest BCUT2D eigenvalue weighted by Gasteiger charge is -2.12. The Hall–Kier alpha value is -5.55. The number of fused-ring (bicyclic) bond motifs is 16. The molecule has 0 radical (unpaired) electrons. The zero-order valence-electron chi connectivity index (χ0n) is 21.9. The lowest BCUT2D eigenvalue weighted by Crippen LogP contribution is -1.96. The van der Waals surface area contributed by atoms with Crippen LogP contribution in [0.3, 0.4) is 0 Å². The van der Waals surface area contributed by atoms with Gasteiger partial charge in [0.05, 0.1) is 16.6 Å². The maximum absolute atomic E-state index is 5.21. The van der Waals surface area contributed by atoms with Crippen molar-refractivity contribution in [2.75, 3.05) is 0 Å². The molecule has 4 aromatic carbocycles. The third kappa shape index (κ3) is 2.63. The Morgan fingerprint density at radius 1 is 0.610 bits per heavy atom.